The van der Waals surface area contributed by atoms with Crippen LogP contribution in [0.5, 0.6) is 0 Å². The number of hydrogen-bond acceptors (Lipinski definition) is 8. The number of imide groups is 1. The molecule has 3 aromatic heterocycles. The minimum Gasteiger partial charge on any atom is -0.382 e. The van der Waals surface area contributed by atoms with E-state index in [1.165, 1.54) is 17.4 Å². The molecule has 47 heavy (non-hydrogen) atoms. The lowest BCUT2D eigenvalue weighted by molar-refractivity contribution is -0.135. The number of urea groups is 1. The molecule has 2 aliphatic heterocycles. The van der Waals surface area contributed by atoms with Crippen molar-refractivity contribution in [1.29, 1.82) is 0 Å². The van der Waals surface area contributed by atoms with E-state index in [4.69, 9.17) is 5.73 Å². The number of piperidine rings is 1. The normalized spacial score (nSPS) is 17.7. The molecule has 1 aromatic carbocycles. The number of nitrogens with two attached hydrogens (primary N) is 1. The maximum atomic E-state index is 13.5. The molecular weight excluding hydrogens is 598 g/mol. The van der Waals surface area contributed by atoms with Crippen LogP contribution in [-0.2, 0) is 14.4 Å². The summed E-state index contributed by atoms with van der Waals surface area (Å²) in [5.74, 6) is -1.53. The first-order chi connectivity index (χ1) is 22.5. The molecule has 5 heterocycles. The Balaban J connectivity index is 1.22. The Kier molecular flexibility index (Phi) is 8.63. The molecule has 0 saturated carbocycles. The van der Waals surface area contributed by atoms with E-state index in [2.05, 4.69) is 26.4 Å². The first kappa shape index (κ1) is 31.6. The van der Waals surface area contributed by atoms with Crippen molar-refractivity contribution in [3.8, 4) is 11.1 Å². The van der Waals surface area contributed by atoms with E-state index < -0.39 is 23.8 Å². The lowest BCUT2D eigenvalue weighted by atomic mass is 9.92. The van der Waals surface area contributed by atoms with Crippen molar-refractivity contribution in [1.82, 2.24) is 29.4 Å². The van der Waals surface area contributed by atoms with Crippen LogP contribution in [0.2, 0.25) is 0 Å². The number of rotatable bonds is 7. The van der Waals surface area contributed by atoms with Crippen LogP contribution in [0, 0.1) is 11.8 Å². The van der Waals surface area contributed by atoms with Crippen LogP contribution in [-0.4, -0.2) is 78.8 Å². The molecule has 13 nitrogen and oxygen atoms in total. The van der Waals surface area contributed by atoms with E-state index in [-0.39, 0.29) is 30.3 Å². The van der Waals surface area contributed by atoms with Crippen molar-refractivity contribution < 1.29 is 19.2 Å². The van der Waals surface area contributed by atoms with Crippen LogP contribution >= 0.6 is 0 Å². The van der Waals surface area contributed by atoms with E-state index in [0.29, 0.717) is 35.8 Å². The smallest absolute Gasteiger partial charge is 0.331 e. The zero-order valence-electron chi connectivity index (χ0n) is 27.0. The van der Waals surface area contributed by atoms with Crippen LogP contribution in [0.3, 0.4) is 0 Å². The first-order valence-electron chi connectivity index (χ1n) is 15.9. The van der Waals surface area contributed by atoms with Gasteiger partial charge in [0.15, 0.2) is 5.82 Å². The molecular formula is C34H39N9O4. The van der Waals surface area contributed by atoms with E-state index >= 15 is 0 Å². The van der Waals surface area contributed by atoms with Crippen LogP contribution in [0.4, 0.5) is 22.0 Å². The van der Waals surface area contributed by atoms with Gasteiger partial charge in [0.25, 0.3) is 0 Å². The minimum atomic E-state index is -1.10. The fraction of sp³-hybridized carbons (Fsp3) is 0.382. The van der Waals surface area contributed by atoms with Gasteiger partial charge in [-0.05, 0) is 62.6 Å². The summed E-state index contributed by atoms with van der Waals surface area (Å²) in [6.45, 7) is 8.87. The second kappa shape index (κ2) is 12.8. The van der Waals surface area contributed by atoms with Crippen LogP contribution in [0.15, 0.2) is 61.2 Å². The lowest BCUT2D eigenvalue weighted by Crippen LogP contribution is -2.61. The highest BCUT2D eigenvalue weighted by Crippen LogP contribution is 2.37. The predicted octanol–water partition coefficient (Wildman–Crippen LogP) is 4.17. The van der Waals surface area contributed by atoms with Crippen LogP contribution in [0.25, 0.3) is 16.6 Å². The van der Waals surface area contributed by atoms with E-state index in [9.17, 15) is 19.2 Å². The summed E-state index contributed by atoms with van der Waals surface area (Å²) in [5, 5.41) is 7.40. The third-order valence-corrected chi connectivity index (χ3v) is 8.97. The van der Waals surface area contributed by atoms with Gasteiger partial charge in [0.1, 0.15) is 17.8 Å². The number of fused-ring (bicyclic) bond motifs is 1. The molecule has 2 aliphatic rings. The van der Waals surface area contributed by atoms with Crippen molar-refractivity contribution in [3.63, 3.8) is 0 Å². The fourth-order valence-corrected chi connectivity index (χ4v) is 6.41. The predicted molar refractivity (Wildman–Crippen MR) is 177 cm³/mol. The highest BCUT2D eigenvalue weighted by atomic mass is 16.2. The number of anilines is 3. The highest BCUT2D eigenvalue weighted by molar-refractivity contribution is 6.23. The zero-order chi connectivity index (χ0) is 33.4. The number of aromatic nitrogens is 4. The fourth-order valence-electron chi connectivity index (χ4n) is 6.41. The van der Waals surface area contributed by atoms with E-state index in [1.807, 2.05) is 49.2 Å². The number of hydrogen-bond donors (Lipinski definition) is 2. The Bertz CT molecular complexity index is 1810. The maximum absolute atomic E-state index is 13.5. The van der Waals surface area contributed by atoms with Gasteiger partial charge in [0, 0.05) is 60.7 Å². The number of nitrogens with zero attached hydrogens (tertiary/aromatic N) is 7. The van der Waals surface area contributed by atoms with Crippen molar-refractivity contribution in [2.24, 2.45) is 11.8 Å². The Labute approximate surface area is 272 Å². The summed E-state index contributed by atoms with van der Waals surface area (Å²) < 4.78 is 1.85. The molecule has 4 aromatic rings. The van der Waals surface area contributed by atoms with Gasteiger partial charge in [-0.2, -0.15) is 5.10 Å². The summed E-state index contributed by atoms with van der Waals surface area (Å²) >= 11 is 0. The standard InChI is InChI=1S/C34H39N9O4/c1-20(2)32(45)40-14-11-23(12-15-40)28-16-26(29-30(35)37-19-38-43(28)29)22-7-9-24(10-8-22)39-31(44)27-18-41(21(3)4)34(47)42(33(27)46)25-6-5-13-36-17-25/h5-10,13,16-17,19-21,23,27H,11-12,14-15,18H2,1-4H3,(H,39,44)(H2,35,37,38). The molecule has 2 saturated heterocycles. The van der Waals surface area contributed by atoms with Gasteiger partial charge >= 0.3 is 6.03 Å². The molecule has 0 radical (unpaired) electrons. The number of pyridine rings is 1. The highest BCUT2D eigenvalue weighted by Gasteiger charge is 2.44. The average molecular weight is 638 g/mol. The van der Waals surface area contributed by atoms with Gasteiger partial charge in [-0.1, -0.05) is 26.0 Å². The number of nitrogens with one attached hydrogen (secondary N) is 1. The SMILES string of the molecule is CC(C)C(=O)N1CCC(c2cc(-c3ccc(NC(=O)C4CN(C(C)C)C(=O)N(c5cccnc5)C4=O)cc3)c3c(N)ncnn23)CC1. The average Bonchev–Trinajstić information content (AvgIpc) is 3.46. The molecule has 5 amide bonds. The van der Waals surface area contributed by atoms with Gasteiger partial charge in [0.2, 0.25) is 17.7 Å². The number of carbonyl (C=O) groups is 4. The molecule has 244 valence electrons. The summed E-state index contributed by atoms with van der Waals surface area (Å²) in [7, 11) is 0. The first-order valence-corrected chi connectivity index (χ1v) is 15.9. The van der Waals surface area contributed by atoms with Crippen molar-refractivity contribution in [3.05, 3.63) is 66.9 Å². The third kappa shape index (κ3) is 6.00. The second-order valence-corrected chi connectivity index (χ2v) is 12.7. The maximum Gasteiger partial charge on any atom is 0.331 e. The summed E-state index contributed by atoms with van der Waals surface area (Å²) in [5.41, 5.74) is 10.6. The molecule has 0 aliphatic carbocycles. The molecule has 13 heteroatoms. The lowest BCUT2D eigenvalue weighted by Gasteiger charge is -2.39. The Morgan fingerprint density at radius 2 is 1.74 bits per heavy atom. The van der Waals surface area contributed by atoms with Gasteiger partial charge in [-0.15, -0.1) is 0 Å². The molecule has 1 unspecified atom stereocenters. The molecule has 2 fully saturated rings. The molecule has 6 rings (SSSR count). The summed E-state index contributed by atoms with van der Waals surface area (Å²) in [4.78, 5) is 65.5. The third-order valence-electron chi connectivity index (χ3n) is 8.97. The van der Waals surface area contributed by atoms with Crippen LogP contribution in [0.1, 0.15) is 52.1 Å². The number of nitrogen functional groups attached to an aromatic ring is 1. The number of benzene rings is 1. The Morgan fingerprint density at radius 1 is 1.02 bits per heavy atom. The largest absolute Gasteiger partial charge is 0.382 e. The number of amides is 5. The summed E-state index contributed by atoms with van der Waals surface area (Å²) in [6, 6.07) is 11.9. The van der Waals surface area contributed by atoms with Crippen LogP contribution < -0.4 is 16.0 Å². The molecule has 3 N–H and O–H groups in total. The van der Waals surface area contributed by atoms with Gasteiger partial charge < -0.3 is 20.9 Å². The number of likely N-dealkylation sites (tertiary alicyclic amines) is 1. The van der Waals surface area contributed by atoms with Crippen molar-refractivity contribution in [2.75, 3.05) is 35.6 Å². The zero-order valence-corrected chi connectivity index (χ0v) is 27.0. The number of carbonyl (C=O) groups excluding carboxylic acids is 4. The van der Waals surface area contributed by atoms with Crippen molar-refractivity contribution in [2.45, 2.75) is 52.5 Å². The van der Waals surface area contributed by atoms with Gasteiger partial charge in [-0.3, -0.25) is 19.4 Å². The van der Waals surface area contributed by atoms with E-state index in [0.717, 1.165) is 34.6 Å². The Hall–Kier alpha value is -5.33. The summed E-state index contributed by atoms with van der Waals surface area (Å²) in [6.07, 6.45) is 6.06. The van der Waals surface area contributed by atoms with Gasteiger partial charge in [0.05, 0.1) is 11.9 Å². The quantitative estimate of drug-likeness (QED) is 0.286. The topological polar surface area (TPSA) is 159 Å². The molecule has 0 spiro atoms. The second-order valence-electron chi connectivity index (χ2n) is 12.7. The monoisotopic (exact) mass is 637 g/mol. The van der Waals surface area contributed by atoms with E-state index in [1.54, 1.807) is 30.5 Å². The Morgan fingerprint density at radius 3 is 2.38 bits per heavy atom. The minimum absolute atomic E-state index is 0.0284. The molecule has 0 bridgehead atoms. The molecule has 1 atom stereocenters. The van der Waals surface area contributed by atoms with Crippen molar-refractivity contribution >= 4 is 46.5 Å². The van der Waals surface area contributed by atoms with Gasteiger partial charge in [-0.25, -0.2) is 19.2 Å².